The van der Waals surface area contributed by atoms with Crippen LogP contribution in [0, 0.1) is 5.92 Å². The zero-order chi connectivity index (χ0) is 11.5. The van der Waals surface area contributed by atoms with Crippen molar-refractivity contribution in [2.75, 3.05) is 13.1 Å². The van der Waals surface area contributed by atoms with Gasteiger partial charge in [0.1, 0.15) is 0 Å². The fourth-order valence-corrected chi connectivity index (χ4v) is 2.08. The van der Waals surface area contributed by atoms with Crippen LogP contribution in [0.25, 0.3) is 0 Å². The van der Waals surface area contributed by atoms with E-state index < -0.39 is 0 Å². The van der Waals surface area contributed by atoms with Crippen molar-refractivity contribution < 1.29 is 4.79 Å². The molecule has 1 atom stereocenters. The van der Waals surface area contributed by atoms with Gasteiger partial charge in [-0.2, -0.15) is 0 Å². The monoisotopic (exact) mass is 239 g/mol. The number of nitrogens with zero attached hydrogens (tertiary/aromatic N) is 2. The third kappa shape index (κ3) is 2.51. The highest BCUT2D eigenvalue weighted by atomic mass is 35.5. The third-order valence-electron chi connectivity index (χ3n) is 2.76. The van der Waals surface area contributed by atoms with Crippen molar-refractivity contribution in [1.29, 1.82) is 0 Å². The molecule has 4 nitrogen and oxygen atoms in total. The van der Waals surface area contributed by atoms with Crippen LogP contribution in [-0.4, -0.2) is 28.9 Å². The van der Waals surface area contributed by atoms with Crippen molar-refractivity contribution in [3.63, 3.8) is 0 Å². The first-order valence-corrected chi connectivity index (χ1v) is 5.65. The van der Waals surface area contributed by atoms with Gasteiger partial charge >= 0.3 is 0 Å². The van der Waals surface area contributed by atoms with Crippen LogP contribution in [0.2, 0.25) is 5.02 Å². The summed E-state index contributed by atoms with van der Waals surface area (Å²) in [6.45, 7) is 1.81. The average Bonchev–Trinajstić information content (AvgIpc) is 2.60. The summed E-state index contributed by atoms with van der Waals surface area (Å²) in [5.41, 5.74) is 6.38. The summed E-state index contributed by atoms with van der Waals surface area (Å²) in [6.07, 6.45) is 2.20. The fourth-order valence-electron chi connectivity index (χ4n) is 1.90. The minimum Gasteiger partial charge on any atom is -0.336 e. The van der Waals surface area contributed by atoms with Crippen LogP contribution in [0.1, 0.15) is 12.1 Å². The van der Waals surface area contributed by atoms with E-state index in [0.717, 1.165) is 12.2 Å². The average molecular weight is 240 g/mol. The number of hydrogen-bond acceptors (Lipinski definition) is 3. The smallest absolute Gasteiger partial charge is 0.223 e. The molecule has 1 aromatic rings. The van der Waals surface area contributed by atoms with Gasteiger partial charge in [0.15, 0.2) is 0 Å². The maximum Gasteiger partial charge on any atom is 0.223 e. The van der Waals surface area contributed by atoms with E-state index in [1.54, 1.807) is 23.2 Å². The molecule has 1 aliphatic rings. The summed E-state index contributed by atoms with van der Waals surface area (Å²) in [5, 5.41) is 0.645. The number of amides is 1. The number of pyridine rings is 1. The minimum atomic E-state index is 0.150. The Bertz CT molecular complexity index is 397. The molecule has 0 bridgehead atoms. The van der Waals surface area contributed by atoms with Crippen molar-refractivity contribution in [3.05, 3.63) is 29.0 Å². The molecule has 1 aliphatic heterocycles. The number of halogens is 1. The molecule has 5 heteroatoms. The van der Waals surface area contributed by atoms with Gasteiger partial charge in [0, 0.05) is 24.2 Å². The number of carbonyl (C=O) groups excluding carboxylic acids is 1. The first-order valence-electron chi connectivity index (χ1n) is 5.27. The number of rotatable bonds is 3. The van der Waals surface area contributed by atoms with Gasteiger partial charge in [0.25, 0.3) is 0 Å². The second-order valence-corrected chi connectivity index (χ2v) is 4.48. The Morgan fingerprint density at radius 3 is 3.06 bits per heavy atom. The Labute approximate surface area is 99.4 Å². The van der Waals surface area contributed by atoms with Gasteiger partial charge in [-0.05, 0) is 24.6 Å². The number of likely N-dealkylation sites (tertiary alicyclic amines) is 1. The Morgan fingerprint density at radius 2 is 2.44 bits per heavy atom. The van der Waals surface area contributed by atoms with Crippen molar-refractivity contribution >= 4 is 17.5 Å². The zero-order valence-corrected chi connectivity index (χ0v) is 9.65. The van der Waals surface area contributed by atoms with Crippen LogP contribution < -0.4 is 5.73 Å². The molecule has 0 spiro atoms. The molecule has 1 fully saturated rings. The third-order valence-corrected chi connectivity index (χ3v) is 2.99. The van der Waals surface area contributed by atoms with Crippen LogP contribution in [0.5, 0.6) is 0 Å². The summed E-state index contributed by atoms with van der Waals surface area (Å²) in [6, 6.07) is 3.50. The maximum atomic E-state index is 11.6. The SMILES string of the molecule is NCC1CC(=O)N(Cc2cc(Cl)ccn2)C1. The number of nitrogens with two attached hydrogens (primary N) is 1. The van der Waals surface area contributed by atoms with Crippen LogP contribution in [-0.2, 0) is 11.3 Å². The van der Waals surface area contributed by atoms with E-state index in [2.05, 4.69) is 4.98 Å². The summed E-state index contributed by atoms with van der Waals surface area (Å²) in [5.74, 6) is 0.434. The van der Waals surface area contributed by atoms with Gasteiger partial charge in [-0.25, -0.2) is 0 Å². The first-order chi connectivity index (χ1) is 7.69. The molecule has 2 N–H and O–H groups in total. The summed E-state index contributed by atoms with van der Waals surface area (Å²) in [7, 11) is 0. The summed E-state index contributed by atoms with van der Waals surface area (Å²) >= 11 is 5.86. The largest absolute Gasteiger partial charge is 0.336 e. The predicted octanol–water partition coefficient (Wildman–Crippen LogP) is 1.04. The molecule has 1 saturated heterocycles. The molecule has 1 aromatic heterocycles. The lowest BCUT2D eigenvalue weighted by atomic mass is 10.1. The highest BCUT2D eigenvalue weighted by Gasteiger charge is 2.28. The van der Waals surface area contributed by atoms with E-state index >= 15 is 0 Å². The molecular weight excluding hydrogens is 226 g/mol. The molecular formula is C11H14ClN3O. The summed E-state index contributed by atoms with van der Waals surface area (Å²) in [4.78, 5) is 17.6. The molecule has 86 valence electrons. The molecule has 2 rings (SSSR count). The number of carbonyl (C=O) groups is 1. The number of hydrogen-bond donors (Lipinski definition) is 1. The zero-order valence-electron chi connectivity index (χ0n) is 8.90. The number of aromatic nitrogens is 1. The van der Waals surface area contributed by atoms with Crippen LogP contribution in [0.4, 0.5) is 0 Å². The molecule has 2 heterocycles. The molecule has 0 saturated carbocycles. The first kappa shape index (κ1) is 11.4. The van der Waals surface area contributed by atoms with E-state index in [9.17, 15) is 4.79 Å². The lowest BCUT2D eigenvalue weighted by Gasteiger charge is -2.15. The lowest BCUT2D eigenvalue weighted by molar-refractivity contribution is -0.128. The molecule has 0 aromatic carbocycles. The quantitative estimate of drug-likeness (QED) is 0.858. The normalized spacial score (nSPS) is 20.5. The van der Waals surface area contributed by atoms with Gasteiger partial charge in [0.2, 0.25) is 5.91 Å². The molecule has 16 heavy (non-hydrogen) atoms. The van der Waals surface area contributed by atoms with Crippen LogP contribution in [0.3, 0.4) is 0 Å². The Kier molecular flexibility index (Phi) is 3.41. The second kappa shape index (κ2) is 4.80. The van der Waals surface area contributed by atoms with Crippen molar-refractivity contribution in [1.82, 2.24) is 9.88 Å². The minimum absolute atomic E-state index is 0.150. The van der Waals surface area contributed by atoms with E-state index in [0.29, 0.717) is 24.5 Å². The van der Waals surface area contributed by atoms with E-state index in [-0.39, 0.29) is 11.8 Å². The van der Waals surface area contributed by atoms with Gasteiger partial charge < -0.3 is 10.6 Å². The summed E-state index contributed by atoms with van der Waals surface area (Å²) < 4.78 is 0. The Hall–Kier alpha value is -1.13. The van der Waals surface area contributed by atoms with Crippen molar-refractivity contribution in [2.24, 2.45) is 11.7 Å². The Morgan fingerprint density at radius 1 is 1.62 bits per heavy atom. The standard InChI is InChI=1S/C11H14ClN3O/c12-9-1-2-14-10(4-9)7-15-6-8(5-13)3-11(15)16/h1-2,4,8H,3,5-7,13H2. The second-order valence-electron chi connectivity index (χ2n) is 4.05. The highest BCUT2D eigenvalue weighted by molar-refractivity contribution is 6.30. The van der Waals surface area contributed by atoms with E-state index in [1.807, 2.05) is 0 Å². The van der Waals surface area contributed by atoms with E-state index in [4.69, 9.17) is 17.3 Å². The molecule has 0 aliphatic carbocycles. The van der Waals surface area contributed by atoms with Gasteiger partial charge in [-0.1, -0.05) is 11.6 Å². The topological polar surface area (TPSA) is 59.2 Å². The maximum absolute atomic E-state index is 11.6. The molecule has 1 amide bonds. The van der Waals surface area contributed by atoms with Gasteiger partial charge in [-0.3, -0.25) is 9.78 Å². The van der Waals surface area contributed by atoms with Crippen LogP contribution >= 0.6 is 11.6 Å². The van der Waals surface area contributed by atoms with E-state index in [1.165, 1.54) is 0 Å². The Balaban J connectivity index is 2.03. The van der Waals surface area contributed by atoms with Crippen molar-refractivity contribution in [3.8, 4) is 0 Å². The predicted molar refractivity (Wildman–Crippen MR) is 61.8 cm³/mol. The fraction of sp³-hybridized carbons (Fsp3) is 0.455. The highest BCUT2D eigenvalue weighted by Crippen LogP contribution is 2.19. The molecule has 1 unspecified atom stereocenters. The lowest BCUT2D eigenvalue weighted by Crippen LogP contribution is -2.26. The molecule has 0 radical (unpaired) electrons. The van der Waals surface area contributed by atoms with Gasteiger partial charge in [-0.15, -0.1) is 0 Å². The van der Waals surface area contributed by atoms with Gasteiger partial charge in [0.05, 0.1) is 12.2 Å². The van der Waals surface area contributed by atoms with Crippen molar-refractivity contribution in [2.45, 2.75) is 13.0 Å². The van der Waals surface area contributed by atoms with Crippen LogP contribution in [0.15, 0.2) is 18.3 Å².